The summed E-state index contributed by atoms with van der Waals surface area (Å²) in [6.07, 6.45) is 4.14. The maximum atomic E-state index is 12.6. The van der Waals surface area contributed by atoms with Crippen molar-refractivity contribution in [1.82, 2.24) is 19.7 Å². The lowest BCUT2D eigenvalue weighted by Crippen LogP contribution is -2.29. The average molecular weight is 360 g/mol. The minimum absolute atomic E-state index is 0.124. The number of fused-ring (bicyclic) bond motifs is 1. The van der Waals surface area contributed by atoms with Crippen molar-refractivity contribution in [1.29, 1.82) is 0 Å². The van der Waals surface area contributed by atoms with Gasteiger partial charge in [0.2, 0.25) is 0 Å². The molecule has 0 unspecified atom stereocenters. The number of esters is 1. The van der Waals surface area contributed by atoms with E-state index in [0.717, 1.165) is 11.0 Å². The normalized spacial score (nSPS) is 11.8. The van der Waals surface area contributed by atoms with E-state index in [1.807, 2.05) is 39.3 Å². The van der Waals surface area contributed by atoms with Crippen LogP contribution in [0.2, 0.25) is 0 Å². The number of hydrogen-bond donors (Lipinski definition) is 0. The number of pyridine rings is 1. The van der Waals surface area contributed by atoms with Crippen molar-refractivity contribution in [2.75, 3.05) is 13.6 Å². The zero-order valence-electron chi connectivity index (χ0n) is 16.4. The maximum Gasteiger partial charge on any atom is 0.306 e. The molecule has 0 radical (unpaired) electrons. The molecule has 2 rings (SSSR count). The molecule has 0 aliphatic carbocycles. The lowest BCUT2D eigenvalue weighted by atomic mass is 10.2. The van der Waals surface area contributed by atoms with Gasteiger partial charge in [0, 0.05) is 37.6 Å². The third-order valence-electron chi connectivity index (χ3n) is 3.81. The van der Waals surface area contributed by atoms with Gasteiger partial charge >= 0.3 is 5.97 Å². The molecule has 2 heterocycles. The number of rotatable bonds is 6. The molecule has 26 heavy (non-hydrogen) atoms. The highest BCUT2D eigenvalue weighted by molar-refractivity contribution is 5.96. The second-order valence-corrected chi connectivity index (χ2v) is 7.74. The summed E-state index contributed by atoms with van der Waals surface area (Å²) in [6, 6.07) is 2.01. The Balaban J connectivity index is 1.95. The van der Waals surface area contributed by atoms with Gasteiger partial charge in [-0.05, 0) is 47.1 Å². The van der Waals surface area contributed by atoms with Crippen LogP contribution in [0.15, 0.2) is 18.5 Å². The van der Waals surface area contributed by atoms with Gasteiger partial charge in [0.1, 0.15) is 5.60 Å². The number of amides is 1. The quantitative estimate of drug-likeness (QED) is 0.739. The Labute approximate surface area is 154 Å². The van der Waals surface area contributed by atoms with Gasteiger partial charge in [0.05, 0.1) is 11.8 Å². The first-order valence-electron chi connectivity index (χ1n) is 8.89. The van der Waals surface area contributed by atoms with Crippen molar-refractivity contribution in [3.63, 3.8) is 0 Å². The molecular weight excluding hydrogens is 332 g/mol. The Hall–Kier alpha value is -2.44. The van der Waals surface area contributed by atoms with E-state index < -0.39 is 5.60 Å². The van der Waals surface area contributed by atoms with Crippen LogP contribution in [0.4, 0.5) is 0 Å². The van der Waals surface area contributed by atoms with Crippen LogP contribution < -0.4 is 0 Å². The largest absolute Gasteiger partial charge is 0.460 e. The second-order valence-electron chi connectivity index (χ2n) is 7.74. The molecule has 0 aliphatic heterocycles. The summed E-state index contributed by atoms with van der Waals surface area (Å²) in [7, 11) is 1.72. The van der Waals surface area contributed by atoms with Gasteiger partial charge in [-0.1, -0.05) is 0 Å². The molecule has 0 saturated heterocycles. The first kappa shape index (κ1) is 19.9. The number of ether oxygens (including phenoxy) is 1. The minimum Gasteiger partial charge on any atom is -0.460 e. The predicted molar refractivity (Wildman–Crippen MR) is 100.0 cm³/mol. The van der Waals surface area contributed by atoms with Crippen molar-refractivity contribution in [3.8, 4) is 0 Å². The third-order valence-corrected chi connectivity index (χ3v) is 3.81. The van der Waals surface area contributed by atoms with Crippen LogP contribution in [0.25, 0.3) is 11.0 Å². The Morgan fingerprint density at radius 1 is 1.27 bits per heavy atom. The van der Waals surface area contributed by atoms with Gasteiger partial charge in [-0.3, -0.25) is 9.59 Å². The SMILES string of the molecule is CC(C)n1ncc2cc(C(=O)N(C)CCCC(=O)OC(C)(C)C)cnc21. The highest BCUT2D eigenvalue weighted by atomic mass is 16.6. The molecular formula is C19H28N4O3. The number of carbonyl (C=O) groups excluding carboxylic acids is 2. The average Bonchev–Trinajstić information content (AvgIpc) is 2.95. The lowest BCUT2D eigenvalue weighted by molar-refractivity contribution is -0.154. The first-order valence-corrected chi connectivity index (χ1v) is 8.89. The molecule has 0 aromatic carbocycles. The molecule has 0 fully saturated rings. The molecule has 2 aromatic rings. The maximum absolute atomic E-state index is 12.6. The van der Waals surface area contributed by atoms with E-state index in [-0.39, 0.29) is 24.3 Å². The first-order chi connectivity index (χ1) is 12.1. The van der Waals surface area contributed by atoms with Crippen LogP contribution in [0, 0.1) is 0 Å². The highest BCUT2D eigenvalue weighted by Crippen LogP contribution is 2.17. The number of hydrogen-bond acceptors (Lipinski definition) is 5. The molecule has 142 valence electrons. The molecule has 0 saturated carbocycles. The van der Waals surface area contributed by atoms with E-state index in [1.54, 1.807) is 30.4 Å². The van der Waals surface area contributed by atoms with Crippen LogP contribution in [0.1, 0.15) is 63.9 Å². The minimum atomic E-state index is -0.486. The smallest absolute Gasteiger partial charge is 0.306 e. The van der Waals surface area contributed by atoms with Gasteiger partial charge < -0.3 is 9.64 Å². The van der Waals surface area contributed by atoms with Crippen molar-refractivity contribution >= 4 is 22.9 Å². The van der Waals surface area contributed by atoms with E-state index >= 15 is 0 Å². The fraction of sp³-hybridized carbons (Fsp3) is 0.579. The molecule has 0 bridgehead atoms. The molecule has 7 nitrogen and oxygen atoms in total. The number of carbonyl (C=O) groups is 2. The van der Waals surface area contributed by atoms with Crippen LogP contribution >= 0.6 is 0 Å². The van der Waals surface area contributed by atoms with Crippen molar-refractivity contribution in [2.45, 2.75) is 59.1 Å². The van der Waals surface area contributed by atoms with Crippen molar-refractivity contribution in [2.24, 2.45) is 0 Å². The molecule has 2 aromatic heterocycles. The fourth-order valence-electron chi connectivity index (χ4n) is 2.61. The zero-order chi connectivity index (χ0) is 19.5. The van der Waals surface area contributed by atoms with E-state index in [2.05, 4.69) is 10.1 Å². The van der Waals surface area contributed by atoms with Crippen LogP contribution in [0.3, 0.4) is 0 Å². The topological polar surface area (TPSA) is 77.3 Å². The lowest BCUT2D eigenvalue weighted by Gasteiger charge is -2.20. The van der Waals surface area contributed by atoms with Gasteiger partial charge in [-0.25, -0.2) is 9.67 Å². The molecule has 0 atom stereocenters. The summed E-state index contributed by atoms with van der Waals surface area (Å²) in [5.41, 5.74) is 0.796. The van der Waals surface area contributed by atoms with Crippen LogP contribution in [0.5, 0.6) is 0 Å². The summed E-state index contributed by atoms with van der Waals surface area (Å²) in [4.78, 5) is 30.3. The Bertz CT molecular complexity index is 790. The zero-order valence-corrected chi connectivity index (χ0v) is 16.4. The van der Waals surface area contributed by atoms with Gasteiger partial charge in [0.25, 0.3) is 5.91 Å². The van der Waals surface area contributed by atoms with E-state index in [9.17, 15) is 9.59 Å². The summed E-state index contributed by atoms with van der Waals surface area (Å²) in [6.45, 7) is 10.1. The molecule has 0 aliphatic rings. The number of aromatic nitrogens is 3. The number of nitrogens with zero attached hydrogens (tertiary/aromatic N) is 4. The summed E-state index contributed by atoms with van der Waals surface area (Å²) < 4.78 is 7.10. The van der Waals surface area contributed by atoms with E-state index in [4.69, 9.17) is 4.74 Å². The van der Waals surface area contributed by atoms with Gasteiger partial charge in [0.15, 0.2) is 5.65 Å². The van der Waals surface area contributed by atoms with Crippen LogP contribution in [-0.4, -0.2) is 50.7 Å². The predicted octanol–water partition coefficient (Wildman–Crippen LogP) is 3.21. The standard InChI is InChI=1S/C19H28N4O3/c1-13(2)23-17-14(12-21-23)10-15(11-20-17)18(25)22(6)9-7-8-16(24)26-19(3,4)5/h10-13H,7-9H2,1-6H3. The Kier molecular flexibility index (Phi) is 6.00. The second kappa shape index (κ2) is 7.85. The molecule has 0 spiro atoms. The summed E-state index contributed by atoms with van der Waals surface area (Å²) in [5.74, 6) is -0.372. The molecule has 1 amide bonds. The monoisotopic (exact) mass is 360 g/mol. The van der Waals surface area contributed by atoms with Crippen molar-refractivity contribution < 1.29 is 14.3 Å². The fourth-order valence-corrected chi connectivity index (χ4v) is 2.61. The van der Waals surface area contributed by atoms with E-state index in [1.165, 1.54) is 0 Å². The van der Waals surface area contributed by atoms with Gasteiger partial charge in [-0.15, -0.1) is 0 Å². The molecule has 0 N–H and O–H groups in total. The van der Waals surface area contributed by atoms with Gasteiger partial charge in [-0.2, -0.15) is 5.10 Å². The molecule has 7 heteroatoms. The van der Waals surface area contributed by atoms with E-state index in [0.29, 0.717) is 18.5 Å². The Morgan fingerprint density at radius 3 is 2.58 bits per heavy atom. The highest BCUT2D eigenvalue weighted by Gasteiger charge is 2.18. The van der Waals surface area contributed by atoms with Crippen LogP contribution in [-0.2, 0) is 9.53 Å². The summed E-state index contributed by atoms with van der Waals surface area (Å²) in [5, 5.41) is 5.16. The van der Waals surface area contributed by atoms with Crippen molar-refractivity contribution in [3.05, 3.63) is 24.0 Å². The summed E-state index contributed by atoms with van der Waals surface area (Å²) >= 11 is 0. The third kappa shape index (κ3) is 5.03. The Morgan fingerprint density at radius 2 is 1.96 bits per heavy atom.